The highest BCUT2D eigenvalue weighted by Gasteiger charge is 2.17. The maximum atomic E-state index is 12.3. The number of hydrogen-bond donors (Lipinski definition) is 2. The third-order valence-electron chi connectivity index (χ3n) is 4.09. The fourth-order valence-electron chi connectivity index (χ4n) is 2.84. The summed E-state index contributed by atoms with van der Waals surface area (Å²) in [6, 6.07) is 4.32. The van der Waals surface area contributed by atoms with Crippen LogP contribution in [0.15, 0.2) is 29.8 Å². The number of rotatable bonds is 5. The maximum absolute atomic E-state index is 12.3. The van der Waals surface area contributed by atoms with Crippen molar-refractivity contribution in [1.82, 2.24) is 15.5 Å². The summed E-state index contributed by atoms with van der Waals surface area (Å²) >= 11 is 0. The second kappa shape index (κ2) is 6.60. The van der Waals surface area contributed by atoms with E-state index >= 15 is 0 Å². The Morgan fingerprint density at radius 3 is 3.00 bits per heavy atom. The van der Waals surface area contributed by atoms with Crippen LogP contribution in [0.2, 0.25) is 0 Å². The first-order chi connectivity index (χ1) is 11.1. The van der Waals surface area contributed by atoms with Gasteiger partial charge in [-0.05, 0) is 38.2 Å². The smallest absolute Gasteiger partial charge is 0.272 e. The number of benzene rings is 1. The second-order valence-electron chi connectivity index (χ2n) is 5.67. The molecule has 0 spiro atoms. The molecule has 1 aromatic carbocycles. The molecule has 0 saturated carbocycles. The Morgan fingerprint density at radius 2 is 2.26 bits per heavy atom. The topological polar surface area (TPSA) is 101 Å². The number of nitro benzene ring substituents is 1. The number of fused-ring (bicyclic) bond motifs is 1. The zero-order valence-electron chi connectivity index (χ0n) is 12.7. The predicted octanol–water partition coefficient (Wildman–Crippen LogP) is 3.09. The summed E-state index contributed by atoms with van der Waals surface area (Å²) in [5, 5.41) is 20.9. The standard InChI is InChI=1S/C16H18N4O3/c21-16(17-9-8-11-4-2-1-3-5-11)15-13-10-12(20(22)23)6-7-14(13)18-19-15/h4,6-7,10H,1-3,5,8-9H2,(H,17,21)(H,18,19). The quantitative estimate of drug-likeness (QED) is 0.503. The van der Waals surface area contributed by atoms with E-state index in [1.165, 1.54) is 30.5 Å². The molecule has 1 aliphatic carbocycles. The van der Waals surface area contributed by atoms with Crippen LogP contribution in [0.3, 0.4) is 0 Å². The van der Waals surface area contributed by atoms with Gasteiger partial charge in [0.25, 0.3) is 11.6 Å². The first-order valence-electron chi connectivity index (χ1n) is 7.74. The van der Waals surface area contributed by atoms with Crippen molar-refractivity contribution in [3.63, 3.8) is 0 Å². The molecular formula is C16H18N4O3. The first-order valence-corrected chi connectivity index (χ1v) is 7.74. The molecule has 2 aromatic rings. The lowest BCUT2D eigenvalue weighted by Gasteiger charge is -2.12. The van der Waals surface area contributed by atoms with Crippen LogP contribution in [0.25, 0.3) is 10.9 Å². The van der Waals surface area contributed by atoms with Gasteiger partial charge in [0.05, 0.1) is 10.4 Å². The van der Waals surface area contributed by atoms with Gasteiger partial charge in [-0.3, -0.25) is 20.0 Å². The minimum absolute atomic E-state index is 0.0553. The molecule has 1 aromatic heterocycles. The highest BCUT2D eigenvalue weighted by atomic mass is 16.6. The van der Waals surface area contributed by atoms with Gasteiger partial charge >= 0.3 is 0 Å². The fraction of sp³-hybridized carbons (Fsp3) is 0.375. The van der Waals surface area contributed by atoms with E-state index in [9.17, 15) is 14.9 Å². The second-order valence-corrected chi connectivity index (χ2v) is 5.67. The first kappa shape index (κ1) is 15.2. The lowest BCUT2D eigenvalue weighted by atomic mass is 9.97. The van der Waals surface area contributed by atoms with E-state index in [2.05, 4.69) is 21.6 Å². The third kappa shape index (κ3) is 3.39. The lowest BCUT2D eigenvalue weighted by Crippen LogP contribution is -2.25. The maximum Gasteiger partial charge on any atom is 0.272 e. The Bertz CT molecular complexity index is 779. The Labute approximate surface area is 132 Å². The van der Waals surface area contributed by atoms with Crippen molar-refractivity contribution in [3.8, 4) is 0 Å². The van der Waals surface area contributed by atoms with E-state index in [0.717, 1.165) is 19.3 Å². The van der Waals surface area contributed by atoms with Crippen LogP contribution in [0.1, 0.15) is 42.6 Å². The molecule has 1 aliphatic rings. The van der Waals surface area contributed by atoms with E-state index in [1.807, 2.05) is 0 Å². The summed E-state index contributed by atoms with van der Waals surface area (Å²) in [6.07, 6.45) is 7.78. The summed E-state index contributed by atoms with van der Waals surface area (Å²) in [5.74, 6) is -0.312. The van der Waals surface area contributed by atoms with Gasteiger partial charge in [-0.2, -0.15) is 5.10 Å². The van der Waals surface area contributed by atoms with E-state index in [-0.39, 0.29) is 17.3 Å². The number of nitrogens with one attached hydrogen (secondary N) is 2. The number of amides is 1. The monoisotopic (exact) mass is 314 g/mol. The van der Waals surface area contributed by atoms with Gasteiger partial charge in [0.15, 0.2) is 5.69 Å². The Morgan fingerprint density at radius 1 is 1.39 bits per heavy atom. The van der Waals surface area contributed by atoms with Crippen LogP contribution >= 0.6 is 0 Å². The normalized spacial score (nSPS) is 14.5. The number of nitro groups is 1. The molecule has 120 valence electrons. The number of non-ortho nitro benzene ring substituents is 1. The van der Waals surface area contributed by atoms with E-state index in [1.54, 1.807) is 6.07 Å². The molecule has 0 aliphatic heterocycles. The third-order valence-corrected chi connectivity index (χ3v) is 4.09. The predicted molar refractivity (Wildman–Crippen MR) is 86.2 cm³/mol. The number of hydrogen-bond acceptors (Lipinski definition) is 4. The minimum Gasteiger partial charge on any atom is -0.350 e. The lowest BCUT2D eigenvalue weighted by molar-refractivity contribution is -0.384. The summed E-state index contributed by atoms with van der Waals surface area (Å²) in [4.78, 5) is 22.6. The average molecular weight is 314 g/mol. The van der Waals surface area contributed by atoms with Gasteiger partial charge in [0, 0.05) is 24.1 Å². The van der Waals surface area contributed by atoms with Crippen molar-refractivity contribution in [3.05, 3.63) is 45.7 Å². The molecule has 0 radical (unpaired) electrons. The number of carbonyl (C=O) groups excluding carboxylic acids is 1. The summed E-state index contributed by atoms with van der Waals surface area (Å²) in [5.41, 5.74) is 2.14. The van der Waals surface area contributed by atoms with Gasteiger partial charge in [0.1, 0.15) is 0 Å². The number of aromatic amines is 1. The molecule has 0 saturated heterocycles. The van der Waals surface area contributed by atoms with Gasteiger partial charge < -0.3 is 5.32 Å². The van der Waals surface area contributed by atoms with Crippen molar-refractivity contribution in [1.29, 1.82) is 0 Å². The van der Waals surface area contributed by atoms with Crippen molar-refractivity contribution >= 4 is 22.5 Å². The van der Waals surface area contributed by atoms with Crippen LogP contribution < -0.4 is 5.32 Å². The van der Waals surface area contributed by atoms with Crippen molar-refractivity contribution in [2.45, 2.75) is 32.1 Å². The van der Waals surface area contributed by atoms with E-state index in [4.69, 9.17) is 0 Å². The number of H-pyrrole nitrogens is 1. The van der Waals surface area contributed by atoms with Crippen molar-refractivity contribution in [2.75, 3.05) is 6.54 Å². The van der Waals surface area contributed by atoms with Crippen LogP contribution in [0, 0.1) is 10.1 Å². The molecule has 23 heavy (non-hydrogen) atoms. The minimum atomic E-state index is -0.482. The Balaban J connectivity index is 1.69. The van der Waals surface area contributed by atoms with Crippen molar-refractivity contribution < 1.29 is 9.72 Å². The molecule has 1 amide bonds. The molecule has 7 heteroatoms. The molecule has 0 atom stereocenters. The number of aromatic nitrogens is 2. The zero-order chi connectivity index (χ0) is 16.2. The summed E-state index contributed by atoms with van der Waals surface area (Å²) < 4.78 is 0. The largest absolute Gasteiger partial charge is 0.350 e. The van der Waals surface area contributed by atoms with Gasteiger partial charge in [-0.15, -0.1) is 0 Å². The molecular weight excluding hydrogens is 296 g/mol. The van der Waals surface area contributed by atoms with Crippen LogP contribution in [0.4, 0.5) is 5.69 Å². The summed E-state index contributed by atoms with van der Waals surface area (Å²) in [7, 11) is 0. The van der Waals surface area contributed by atoms with Crippen LogP contribution in [-0.2, 0) is 0 Å². The van der Waals surface area contributed by atoms with Gasteiger partial charge in [-0.25, -0.2) is 0 Å². The van der Waals surface area contributed by atoms with Crippen LogP contribution in [0.5, 0.6) is 0 Å². The molecule has 1 heterocycles. The molecule has 0 unspecified atom stereocenters. The number of allylic oxidation sites excluding steroid dienone is 1. The Hall–Kier alpha value is -2.70. The van der Waals surface area contributed by atoms with Gasteiger partial charge in [-0.1, -0.05) is 11.6 Å². The molecule has 7 nitrogen and oxygen atoms in total. The number of nitrogens with zero attached hydrogens (tertiary/aromatic N) is 2. The van der Waals surface area contributed by atoms with E-state index in [0.29, 0.717) is 17.4 Å². The van der Waals surface area contributed by atoms with Crippen LogP contribution in [-0.4, -0.2) is 27.6 Å². The zero-order valence-corrected chi connectivity index (χ0v) is 12.7. The molecule has 3 rings (SSSR count). The Kier molecular flexibility index (Phi) is 4.36. The van der Waals surface area contributed by atoms with Gasteiger partial charge in [0.2, 0.25) is 0 Å². The number of carbonyl (C=O) groups is 1. The average Bonchev–Trinajstić information content (AvgIpc) is 2.98. The molecule has 0 bridgehead atoms. The highest BCUT2D eigenvalue weighted by Crippen LogP contribution is 2.22. The molecule has 2 N–H and O–H groups in total. The van der Waals surface area contributed by atoms with Crippen molar-refractivity contribution in [2.24, 2.45) is 0 Å². The van der Waals surface area contributed by atoms with E-state index < -0.39 is 4.92 Å². The SMILES string of the molecule is O=C(NCCC1=CCCCC1)c1n[nH]c2ccc([N+](=O)[O-])cc12. The molecule has 0 fully saturated rings. The highest BCUT2D eigenvalue weighted by molar-refractivity contribution is 6.05. The fourth-order valence-corrected chi connectivity index (χ4v) is 2.84. The summed E-state index contributed by atoms with van der Waals surface area (Å²) in [6.45, 7) is 0.550.